The van der Waals surface area contributed by atoms with Crippen molar-refractivity contribution in [2.24, 2.45) is 16.6 Å². The monoisotopic (exact) mass is 370 g/mol. The quantitative estimate of drug-likeness (QED) is 0.864. The Morgan fingerprint density at radius 2 is 1.92 bits per heavy atom. The van der Waals surface area contributed by atoms with Gasteiger partial charge in [0.05, 0.1) is 18.2 Å². The molecule has 1 saturated carbocycles. The summed E-state index contributed by atoms with van der Waals surface area (Å²) in [6, 6.07) is 17.2. The summed E-state index contributed by atoms with van der Waals surface area (Å²) in [5, 5.41) is 0.563. The van der Waals surface area contributed by atoms with Crippen LogP contribution in [0.25, 0.3) is 0 Å². The Morgan fingerprint density at radius 1 is 1.15 bits per heavy atom. The van der Waals surface area contributed by atoms with Gasteiger partial charge in [0.15, 0.2) is 5.17 Å². The van der Waals surface area contributed by atoms with Gasteiger partial charge < -0.3 is 10.5 Å². The van der Waals surface area contributed by atoms with Crippen molar-refractivity contribution in [2.75, 3.05) is 5.75 Å². The van der Waals surface area contributed by atoms with Gasteiger partial charge in [-0.2, -0.15) is 0 Å². The van der Waals surface area contributed by atoms with Gasteiger partial charge in [-0.05, 0) is 30.9 Å². The second kappa shape index (κ2) is 7.41. The Kier molecular flexibility index (Phi) is 5.00. The Bertz CT molecular complexity index is 798. The minimum atomic E-state index is -0.548. The lowest BCUT2D eigenvalue weighted by Gasteiger charge is -2.46. The summed E-state index contributed by atoms with van der Waals surface area (Å²) in [5.41, 5.74) is 7.35. The number of halogens is 1. The molecule has 2 aromatic carbocycles. The van der Waals surface area contributed by atoms with Gasteiger partial charge in [0.2, 0.25) is 0 Å². The summed E-state index contributed by atoms with van der Waals surface area (Å²) in [6.45, 7) is 0.615. The Morgan fingerprint density at radius 3 is 2.73 bits per heavy atom. The SMILES string of the molecule is NC1=NC2(c3ccccc3F)CCC(OCc3ccccc3)CC2CS1. The van der Waals surface area contributed by atoms with E-state index in [4.69, 9.17) is 15.5 Å². The van der Waals surface area contributed by atoms with E-state index in [1.54, 1.807) is 17.8 Å². The number of hydrogen-bond acceptors (Lipinski definition) is 4. The number of ether oxygens (including phenoxy) is 1. The van der Waals surface area contributed by atoms with Gasteiger partial charge in [-0.1, -0.05) is 60.3 Å². The zero-order valence-electron chi connectivity index (χ0n) is 14.6. The molecule has 1 heterocycles. The van der Waals surface area contributed by atoms with Crippen LogP contribution >= 0.6 is 11.8 Å². The molecule has 0 amide bonds. The number of nitrogens with zero attached hydrogens (tertiary/aromatic N) is 1. The zero-order valence-corrected chi connectivity index (χ0v) is 15.4. The van der Waals surface area contributed by atoms with Gasteiger partial charge in [0.25, 0.3) is 0 Å². The van der Waals surface area contributed by atoms with Gasteiger partial charge in [-0.3, -0.25) is 4.99 Å². The second-order valence-electron chi connectivity index (χ2n) is 7.06. The molecule has 1 aliphatic heterocycles. The highest BCUT2D eigenvalue weighted by Crippen LogP contribution is 2.50. The van der Waals surface area contributed by atoms with E-state index in [-0.39, 0.29) is 17.8 Å². The third kappa shape index (κ3) is 3.38. The molecule has 3 nitrogen and oxygen atoms in total. The summed E-state index contributed by atoms with van der Waals surface area (Å²) in [6.07, 6.45) is 2.68. The van der Waals surface area contributed by atoms with Gasteiger partial charge in [0.1, 0.15) is 5.82 Å². The fourth-order valence-corrected chi connectivity index (χ4v) is 5.16. The number of nitrogens with two attached hydrogens (primary N) is 1. The van der Waals surface area contributed by atoms with Crippen LogP contribution in [0.1, 0.15) is 30.4 Å². The maximum absolute atomic E-state index is 14.6. The molecular formula is C21H23FN2OS. The van der Waals surface area contributed by atoms with Crippen molar-refractivity contribution in [1.82, 2.24) is 0 Å². The van der Waals surface area contributed by atoms with Crippen LogP contribution in [0, 0.1) is 11.7 Å². The van der Waals surface area contributed by atoms with Crippen molar-refractivity contribution in [3.8, 4) is 0 Å². The highest BCUT2D eigenvalue weighted by Gasteiger charge is 2.48. The van der Waals surface area contributed by atoms with Crippen molar-refractivity contribution in [3.63, 3.8) is 0 Å². The molecule has 136 valence electrons. The van der Waals surface area contributed by atoms with Crippen LogP contribution in [-0.2, 0) is 16.9 Å². The van der Waals surface area contributed by atoms with E-state index >= 15 is 0 Å². The molecule has 1 aliphatic carbocycles. The fraction of sp³-hybridized carbons (Fsp3) is 0.381. The molecule has 2 aromatic rings. The predicted octanol–water partition coefficient (Wildman–Crippen LogP) is 4.47. The van der Waals surface area contributed by atoms with Crippen LogP contribution in [-0.4, -0.2) is 17.0 Å². The number of fused-ring (bicyclic) bond motifs is 1. The number of aliphatic imine (C=N–C) groups is 1. The average Bonchev–Trinajstić information content (AvgIpc) is 2.67. The van der Waals surface area contributed by atoms with E-state index in [0.29, 0.717) is 17.3 Å². The van der Waals surface area contributed by atoms with Crippen LogP contribution in [0.5, 0.6) is 0 Å². The first-order valence-corrected chi connectivity index (χ1v) is 10.0. The normalized spacial score (nSPS) is 28.3. The van der Waals surface area contributed by atoms with Gasteiger partial charge in [-0.25, -0.2) is 4.39 Å². The number of amidine groups is 1. The van der Waals surface area contributed by atoms with E-state index in [0.717, 1.165) is 25.0 Å². The molecule has 5 heteroatoms. The zero-order chi connectivity index (χ0) is 18.0. The van der Waals surface area contributed by atoms with Crippen LogP contribution in [0.4, 0.5) is 4.39 Å². The number of benzene rings is 2. The maximum Gasteiger partial charge on any atom is 0.154 e. The van der Waals surface area contributed by atoms with Crippen LogP contribution in [0.2, 0.25) is 0 Å². The van der Waals surface area contributed by atoms with E-state index < -0.39 is 5.54 Å². The van der Waals surface area contributed by atoms with E-state index in [2.05, 4.69) is 12.1 Å². The molecular weight excluding hydrogens is 347 g/mol. The first kappa shape index (κ1) is 17.6. The third-order valence-corrected chi connectivity index (χ3v) is 6.44. The molecule has 0 radical (unpaired) electrons. The standard InChI is InChI=1S/C21H23FN2OS/c22-19-9-5-4-8-18(19)21-11-10-17(12-16(21)14-26-20(23)24-21)25-13-15-6-2-1-3-7-15/h1-9,16-17H,10-14H2,(H2,23,24). The second-order valence-corrected chi connectivity index (χ2v) is 8.10. The molecule has 4 rings (SSSR count). The summed E-state index contributed by atoms with van der Waals surface area (Å²) >= 11 is 1.57. The molecule has 0 bridgehead atoms. The number of rotatable bonds is 4. The molecule has 26 heavy (non-hydrogen) atoms. The molecule has 1 fully saturated rings. The molecule has 0 spiro atoms. The minimum Gasteiger partial charge on any atom is -0.379 e. The highest BCUT2D eigenvalue weighted by molar-refractivity contribution is 8.13. The summed E-state index contributed by atoms with van der Waals surface area (Å²) in [4.78, 5) is 4.78. The first-order valence-electron chi connectivity index (χ1n) is 9.06. The largest absolute Gasteiger partial charge is 0.379 e. The summed E-state index contributed by atoms with van der Waals surface area (Å²) in [7, 11) is 0. The van der Waals surface area contributed by atoms with E-state index in [1.807, 2.05) is 30.3 Å². The molecule has 2 N–H and O–H groups in total. The molecule has 3 atom stereocenters. The first-order chi connectivity index (χ1) is 12.7. The van der Waals surface area contributed by atoms with E-state index in [9.17, 15) is 4.39 Å². The third-order valence-electron chi connectivity index (χ3n) is 5.48. The maximum atomic E-state index is 14.6. The average molecular weight is 370 g/mol. The van der Waals surface area contributed by atoms with Gasteiger partial charge in [-0.15, -0.1) is 0 Å². The number of hydrogen-bond donors (Lipinski definition) is 1. The molecule has 3 unspecified atom stereocenters. The topological polar surface area (TPSA) is 47.6 Å². The lowest BCUT2D eigenvalue weighted by atomic mass is 9.68. The van der Waals surface area contributed by atoms with Crippen molar-refractivity contribution in [2.45, 2.75) is 37.5 Å². The number of thioether (sulfide) groups is 1. The lowest BCUT2D eigenvalue weighted by molar-refractivity contribution is -0.0168. The van der Waals surface area contributed by atoms with Crippen molar-refractivity contribution >= 4 is 16.9 Å². The molecule has 0 saturated heterocycles. The highest BCUT2D eigenvalue weighted by atomic mass is 32.2. The van der Waals surface area contributed by atoms with Crippen molar-refractivity contribution < 1.29 is 9.13 Å². The Balaban J connectivity index is 1.54. The van der Waals surface area contributed by atoms with Gasteiger partial charge >= 0.3 is 0 Å². The fourth-order valence-electron chi connectivity index (χ4n) is 4.15. The van der Waals surface area contributed by atoms with Gasteiger partial charge in [0, 0.05) is 17.2 Å². The van der Waals surface area contributed by atoms with Crippen LogP contribution in [0.3, 0.4) is 0 Å². The molecule has 2 aliphatic rings. The Labute approximate surface area is 157 Å². The smallest absolute Gasteiger partial charge is 0.154 e. The molecule has 0 aromatic heterocycles. The van der Waals surface area contributed by atoms with Crippen molar-refractivity contribution in [1.29, 1.82) is 0 Å². The van der Waals surface area contributed by atoms with Crippen LogP contribution < -0.4 is 5.73 Å². The predicted molar refractivity (Wildman–Crippen MR) is 105 cm³/mol. The minimum absolute atomic E-state index is 0.176. The van der Waals surface area contributed by atoms with E-state index in [1.165, 1.54) is 11.6 Å². The summed E-state index contributed by atoms with van der Waals surface area (Å²) in [5.74, 6) is 0.894. The van der Waals surface area contributed by atoms with Crippen LogP contribution in [0.15, 0.2) is 59.6 Å². The van der Waals surface area contributed by atoms with Crippen molar-refractivity contribution in [3.05, 3.63) is 71.5 Å². The lowest BCUT2D eigenvalue weighted by Crippen LogP contribution is -2.46. The Hall–Kier alpha value is -1.85. The summed E-state index contributed by atoms with van der Waals surface area (Å²) < 4.78 is 20.8.